The first kappa shape index (κ1) is 23.8. The third-order valence-corrected chi connectivity index (χ3v) is 8.15. The second kappa shape index (κ2) is 10.3. The summed E-state index contributed by atoms with van der Waals surface area (Å²) in [7, 11) is 0. The molecule has 2 aromatic heterocycles. The molecular formula is C24H29FN4O2S2. The molecule has 1 fully saturated rings. The molecule has 0 aliphatic carbocycles. The minimum atomic E-state index is -0.241. The first-order chi connectivity index (χ1) is 15.9. The molecule has 1 amide bonds. The number of carbonyl (C=O) groups is 1. The molecule has 4 rings (SSSR count). The zero-order valence-electron chi connectivity index (χ0n) is 19.2. The average Bonchev–Trinajstić information content (AvgIpc) is 3.13. The van der Waals surface area contributed by atoms with Gasteiger partial charge in [-0.2, -0.15) is 0 Å². The van der Waals surface area contributed by atoms with E-state index in [0.29, 0.717) is 48.3 Å². The highest BCUT2D eigenvalue weighted by Crippen LogP contribution is 2.30. The number of aryl methyl sites for hydroxylation is 1. The molecule has 1 saturated heterocycles. The van der Waals surface area contributed by atoms with Crippen molar-refractivity contribution >= 4 is 44.9 Å². The van der Waals surface area contributed by atoms with Crippen molar-refractivity contribution in [3.05, 3.63) is 50.9 Å². The van der Waals surface area contributed by atoms with Crippen molar-refractivity contribution in [1.29, 1.82) is 0 Å². The number of fused-ring (bicyclic) bond motifs is 1. The first-order valence-corrected chi connectivity index (χ1v) is 13.1. The maximum absolute atomic E-state index is 14.0. The van der Waals surface area contributed by atoms with Gasteiger partial charge >= 0.3 is 0 Å². The van der Waals surface area contributed by atoms with Crippen LogP contribution >= 0.6 is 23.1 Å². The molecule has 9 heteroatoms. The number of nitrogens with one attached hydrogen (secondary N) is 1. The van der Waals surface area contributed by atoms with Crippen LogP contribution in [0.4, 0.5) is 10.1 Å². The molecule has 33 heavy (non-hydrogen) atoms. The molecule has 1 aliphatic heterocycles. The summed E-state index contributed by atoms with van der Waals surface area (Å²) in [4.78, 5) is 38.7. The lowest BCUT2D eigenvalue weighted by atomic mass is 9.98. The van der Waals surface area contributed by atoms with Crippen LogP contribution < -0.4 is 10.5 Å². The zero-order valence-corrected chi connectivity index (χ0v) is 20.8. The van der Waals surface area contributed by atoms with E-state index in [1.807, 2.05) is 17.9 Å². The molecule has 3 heterocycles. The second-order valence-electron chi connectivity index (χ2n) is 8.51. The second-order valence-corrected chi connectivity index (χ2v) is 10.7. The number of H-pyrrole nitrogens is 1. The van der Waals surface area contributed by atoms with E-state index in [2.05, 4.69) is 23.8 Å². The highest BCUT2D eigenvalue weighted by atomic mass is 32.2. The SMILES string of the molecule is CCC(C)Cc1c(C)sc2nc(SCC(=O)N3CCN(c4ccccc4F)CC3)[nH]c(=O)c12. The summed E-state index contributed by atoms with van der Waals surface area (Å²) >= 11 is 2.80. The summed E-state index contributed by atoms with van der Waals surface area (Å²) in [6.07, 6.45) is 1.93. The Morgan fingerprint density at radius 1 is 1.27 bits per heavy atom. The number of anilines is 1. The Bertz CT molecular complexity index is 1200. The number of benzene rings is 1. The zero-order chi connectivity index (χ0) is 23.5. The number of carbonyl (C=O) groups excluding carboxylic acids is 1. The van der Waals surface area contributed by atoms with Crippen molar-refractivity contribution in [3.8, 4) is 0 Å². The van der Waals surface area contributed by atoms with Gasteiger partial charge in [-0.1, -0.05) is 44.2 Å². The van der Waals surface area contributed by atoms with Gasteiger partial charge in [0.2, 0.25) is 5.91 Å². The van der Waals surface area contributed by atoms with E-state index >= 15 is 0 Å². The van der Waals surface area contributed by atoms with Gasteiger partial charge in [0.1, 0.15) is 10.6 Å². The molecule has 1 aliphatic rings. The first-order valence-electron chi connectivity index (χ1n) is 11.3. The number of hydrogen-bond donors (Lipinski definition) is 1. The molecule has 0 bridgehead atoms. The summed E-state index contributed by atoms with van der Waals surface area (Å²) in [5.74, 6) is 0.467. The van der Waals surface area contributed by atoms with Crippen LogP contribution in [0.5, 0.6) is 0 Å². The molecule has 0 saturated carbocycles. The number of thioether (sulfide) groups is 1. The van der Waals surface area contributed by atoms with Gasteiger partial charge in [-0.25, -0.2) is 9.37 Å². The van der Waals surface area contributed by atoms with E-state index < -0.39 is 0 Å². The fourth-order valence-corrected chi connectivity index (χ4v) is 5.96. The number of aromatic nitrogens is 2. The number of rotatable bonds is 7. The summed E-state index contributed by atoms with van der Waals surface area (Å²) in [5, 5.41) is 1.17. The van der Waals surface area contributed by atoms with E-state index in [-0.39, 0.29) is 23.0 Å². The van der Waals surface area contributed by atoms with Gasteiger partial charge < -0.3 is 14.8 Å². The number of thiophene rings is 1. The van der Waals surface area contributed by atoms with Gasteiger partial charge in [-0.3, -0.25) is 9.59 Å². The minimum absolute atomic E-state index is 0.00394. The third-order valence-electron chi connectivity index (χ3n) is 6.25. The Morgan fingerprint density at radius 2 is 2.00 bits per heavy atom. The number of halogens is 1. The Hall–Kier alpha value is -2.39. The van der Waals surface area contributed by atoms with Crippen molar-refractivity contribution in [3.63, 3.8) is 0 Å². The van der Waals surface area contributed by atoms with Crippen LogP contribution in [0, 0.1) is 18.7 Å². The van der Waals surface area contributed by atoms with Crippen LogP contribution in [-0.2, 0) is 11.2 Å². The van der Waals surface area contributed by atoms with Crippen LogP contribution in [0.2, 0.25) is 0 Å². The van der Waals surface area contributed by atoms with Crippen molar-refractivity contribution in [2.45, 2.75) is 38.8 Å². The number of aromatic amines is 1. The van der Waals surface area contributed by atoms with Crippen molar-refractivity contribution in [2.24, 2.45) is 5.92 Å². The number of nitrogens with zero attached hydrogens (tertiary/aromatic N) is 3. The van der Waals surface area contributed by atoms with Crippen molar-refractivity contribution < 1.29 is 9.18 Å². The minimum Gasteiger partial charge on any atom is -0.366 e. The van der Waals surface area contributed by atoms with Crippen molar-refractivity contribution in [2.75, 3.05) is 36.8 Å². The Labute approximate surface area is 201 Å². The van der Waals surface area contributed by atoms with Crippen LogP contribution in [0.3, 0.4) is 0 Å². The number of para-hydroxylation sites is 1. The standard InChI is InChI=1S/C24H29FN4O2S2/c1-4-15(2)13-17-16(3)33-23-21(17)22(31)26-24(27-23)32-14-20(30)29-11-9-28(10-12-29)19-8-6-5-7-18(19)25/h5-8,15H,4,9-14H2,1-3H3,(H,26,27,31). The maximum Gasteiger partial charge on any atom is 0.260 e. The fraction of sp³-hybridized carbons (Fsp3) is 0.458. The van der Waals surface area contributed by atoms with E-state index in [1.54, 1.807) is 28.4 Å². The normalized spacial score (nSPS) is 15.3. The molecule has 6 nitrogen and oxygen atoms in total. The number of piperazine rings is 1. The Kier molecular flexibility index (Phi) is 7.38. The molecule has 3 aromatic rings. The molecule has 1 atom stereocenters. The summed E-state index contributed by atoms with van der Waals surface area (Å²) in [6, 6.07) is 6.72. The van der Waals surface area contributed by atoms with Crippen LogP contribution in [-0.4, -0.2) is 52.7 Å². The monoisotopic (exact) mass is 488 g/mol. The van der Waals surface area contributed by atoms with Crippen LogP contribution in [0.1, 0.15) is 30.7 Å². The summed E-state index contributed by atoms with van der Waals surface area (Å²) in [5.41, 5.74) is 1.54. The van der Waals surface area contributed by atoms with E-state index in [9.17, 15) is 14.0 Å². The van der Waals surface area contributed by atoms with E-state index in [0.717, 1.165) is 28.1 Å². The molecule has 1 aromatic carbocycles. The molecule has 1 N–H and O–H groups in total. The van der Waals surface area contributed by atoms with Gasteiger partial charge in [0.25, 0.3) is 5.56 Å². The molecular weight excluding hydrogens is 459 g/mol. The predicted molar refractivity (Wildman–Crippen MR) is 134 cm³/mol. The number of hydrogen-bond acceptors (Lipinski definition) is 6. The lowest BCUT2D eigenvalue weighted by Gasteiger charge is -2.36. The van der Waals surface area contributed by atoms with Gasteiger partial charge in [-0.15, -0.1) is 11.3 Å². The van der Waals surface area contributed by atoms with Gasteiger partial charge in [0, 0.05) is 31.1 Å². The average molecular weight is 489 g/mol. The molecule has 1 unspecified atom stereocenters. The van der Waals surface area contributed by atoms with E-state index in [1.165, 1.54) is 17.8 Å². The van der Waals surface area contributed by atoms with Crippen LogP contribution in [0.25, 0.3) is 10.2 Å². The molecule has 0 radical (unpaired) electrons. The van der Waals surface area contributed by atoms with Gasteiger partial charge in [-0.05, 0) is 37.0 Å². The molecule has 0 spiro atoms. The van der Waals surface area contributed by atoms with Crippen LogP contribution in [0.15, 0.2) is 34.2 Å². The lowest BCUT2D eigenvalue weighted by Crippen LogP contribution is -2.49. The maximum atomic E-state index is 14.0. The highest BCUT2D eigenvalue weighted by Gasteiger charge is 2.23. The van der Waals surface area contributed by atoms with Crippen molar-refractivity contribution in [1.82, 2.24) is 14.9 Å². The highest BCUT2D eigenvalue weighted by molar-refractivity contribution is 7.99. The summed E-state index contributed by atoms with van der Waals surface area (Å²) in [6.45, 7) is 8.65. The largest absolute Gasteiger partial charge is 0.366 e. The van der Waals surface area contributed by atoms with Gasteiger partial charge in [0.15, 0.2) is 5.16 Å². The molecule has 176 valence electrons. The van der Waals surface area contributed by atoms with Gasteiger partial charge in [0.05, 0.1) is 16.8 Å². The topological polar surface area (TPSA) is 69.3 Å². The smallest absolute Gasteiger partial charge is 0.260 e. The number of amides is 1. The van der Waals surface area contributed by atoms with E-state index in [4.69, 9.17) is 0 Å². The summed E-state index contributed by atoms with van der Waals surface area (Å²) < 4.78 is 14.0. The fourth-order valence-electron chi connectivity index (χ4n) is 4.09. The lowest BCUT2D eigenvalue weighted by molar-refractivity contribution is -0.128. The predicted octanol–water partition coefficient (Wildman–Crippen LogP) is 4.46. The Balaban J connectivity index is 1.38. The quantitative estimate of drug-likeness (QED) is 0.393. The Morgan fingerprint density at radius 3 is 2.70 bits per heavy atom. The third kappa shape index (κ3) is 5.24.